The van der Waals surface area contributed by atoms with Gasteiger partial charge in [0.05, 0.1) is 16.3 Å². The molecule has 2 aliphatic heterocycles. The third kappa shape index (κ3) is 4.63. The Bertz CT molecular complexity index is 927. The molecule has 1 amide bonds. The molecule has 1 atom stereocenters. The van der Waals surface area contributed by atoms with Crippen molar-refractivity contribution in [3.63, 3.8) is 0 Å². The average Bonchev–Trinajstić information content (AvgIpc) is 3.18. The third-order valence-corrected chi connectivity index (χ3v) is 5.98. The van der Waals surface area contributed by atoms with E-state index in [4.69, 9.17) is 16.4 Å². The van der Waals surface area contributed by atoms with E-state index in [9.17, 15) is 9.18 Å². The van der Waals surface area contributed by atoms with Gasteiger partial charge in [-0.05, 0) is 29.8 Å². The maximum absolute atomic E-state index is 14.1. The van der Waals surface area contributed by atoms with Crippen LogP contribution in [0.3, 0.4) is 0 Å². The van der Waals surface area contributed by atoms with Crippen LogP contribution in [0.1, 0.15) is 17.5 Å². The molecular formula is C21H20BrClFN3O2. The van der Waals surface area contributed by atoms with Gasteiger partial charge in [-0.2, -0.15) is 0 Å². The fourth-order valence-corrected chi connectivity index (χ4v) is 4.37. The first-order valence-corrected chi connectivity index (χ1v) is 10.6. The molecule has 4 rings (SSSR count). The molecule has 5 nitrogen and oxygen atoms in total. The molecule has 0 aromatic heterocycles. The van der Waals surface area contributed by atoms with Gasteiger partial charge in [0.15, 0.2) is 0 Å². The Balaban J connectivity index is 1.31. The van der Waals surface area contributed by atoms with Crippen molar-refractivity contribution in [2.75, 3.05) is 26.2 Å². The summed E-state index contributed by atoms with van der Waals surface area (Å²) in [6, 6.07) is 12.7. The minimum absolute atomic E-state index is 0.113. The summed E-state index contributed by atoms with van der Waals surface area (Å²) < 4.78 is 15.2. The Morgan fingerprint density at radius 3 is 2.69 bits per heavy atom. The summed E-state index contributed by atoms with van der Waals surface area (Å²) in [5.41, 5.74) is 1.82. The molecule has 0 N–H and O–H groups in total. The van der Waals surface area contributed by atoms with E-state index in [1.807, 2.05) is 12.1 Å². The molecule has 2 heterocycles. The lowest BCUT2D eigenvalue weighted by Crippen LogP contribution is -2.51. The SMILES string of the molecule is O=C(C1CC(c2c(F)cccc2Cl)=NO1)N1CCN(Cc2cccc(Br)c2)CC1. The van der Waals surface area contributed by atoms with Crippen molar-refractivity contribution in [2.45, 2.75) is 19.1 Å². The summed E-state index contributed by atoms with van der Waals surface area (Å²) in [7, 11) is 0. The standard InChI is InChI=1S/C21H20BrClFN3O2/c22-15-4-1-3-14(11-15)13-26-7-9-27(10-8-26)21(28)19-12-18(25-29-19)20-16(23)5-2-6-17(20)24/h1-6,11,19H,7-10,12-13H2. The van der Waals surface area contributed by atoms with Gasteiger partial charge >= 0.3 is 0 Å². The van der Waals surface area contributed by atoms with E-state index in [1.54, 1.807) is 11.0 Å². The number of piperazine rings is 1. The van der Waals surface area contributed by atoms with Gasteiger partial charge in [0, 0.05) is 43.6 Å². The van der Waals surface area contributed by atoms with E-state index in [-0.39, 0.29) is 22.9 Å². The Hall–Kier alpha value is -1.96. The lowest BCUT2D eigenvalue weighted by molar-refractivity contribution is -0.143. The van der Waals surface area contributed by atoms with Crippen LogP contribution in [0.25, 0.3) is 0 Å². The van der Waals surface area contributed by atoms with Crippen LogP contribution >= 0.6 is 27.5 Å². The summed E-state index contributed by atoms with van der Waals surface area (Å²) in [4.78, 5) is 22.3. The van der Waals surface area contributed by atoms with Crippen LogP contribution in [0, 0.1) is 5.82 Å². The first-order valence-electron chi connectivity index (χ1n) is 9.44. The second kappa shape index (κ2) is 8.81. The molecule has 0 spiro atoms. The number of benzene rings is 2. The van der Waals surface area contributed by atoms with Crippen molar-refractivity contribution >= 4 is 39.1 Å². The number of carbonyl (C=O) groups is 1. The summed E-state index contributed by atoms with van der Waals surface area (Å²) in [6.07, 6.45) is -0.505. The van der Waals surface area contributed by atoms with Crippen LogP contribution in [0.5, 0.6) is 0 Å². The monoisotopic (exact) mass is 479 g/mol. The zero-order valence-electron chi connectivity index (χ0n) is 15.7. The van der Waals surface area contributed by atoms with Crippen LogP contribution in [-0.4, -0.2) is 53.7 Å². The predicted molar refractivity (Wildman–Crippen MR) is 113 cm³/mol. The topological polar surface area (TPSA) is 45.1 Å². The second-order valence-corrected chi connectivity index (χ2v) is 8.49. The molecule has 0 bridgehead atoms. The molecule has 152 valence electrons. The maximum atomic E-state index is 14.1. The van der Waals surface area contributed by atoms with Gasteiger partial charge in [0.25, 0.3) is 5.91 Å². The second-order valence-electron chi connectivity index (χ2n) is 7.16. The van der Waals surface area contributed by atoms with Gasteiger partial charge in [-0.15, -0.1) is 0 Å². The van der Waals surface area contributed by atoms with Crippen molar-refractivity contribution in [1.82, 2.24) is 9.80 Å². The zero-order valence-corrected chi connectivity index (χ0v) is 18.0. The first-order chi connectivity index (χ1) is 14.0. The average molecular weight is 481 g/mol. The zero-order chi connectivity index (χ0) is 20.4. The van der Waals surface area contributed by atoms with Crippen molar-refractivity contribution < 1.29 is 14.0 Å². The lowest BCUT2D eigenvalue weighted by Gasteiger charge is -2.35. The number of carbonyl (C=O) groups excluding carboxylic acids is 1. The highest BCUT2D eigenvalue weighted by Gasteiger charge is 2.35. The Morgan fingerprint density at radius 1 is 1.21 bits per heavy atom. The van der Waals surface area contributed by atoms with Gasteiger partial charge in [-0.3, -0.25) is 9.69 Å². The Labute approximate surface area is 182 Å². The molecular weight excluding hydrogens is 461 g/mol. The van der Waals surface area contributed by atoms with E-state index in [0.717, 1.165) is 24.1 Å². The van der Waals surface area contributed by atoms with Crippen molar-refractivity contribution in [3.8, 4) is 0 Å². The smallest absolute Gasteiger partial charge is 0.266 e. The summed E-state index contributed by atoms with van der Waals surface area (Å²) in [6.45, 7) is 3.68. The largest absolute Gasteiger partial charge is 0.382 e. The van der Waals surface area contributed by atoms with Crippen LogP contribution in [-0.2, 0) is 16.2 Å². The highest BCUT2D eigenvalue weighted by Crippen LogP contribution is 2.26. The van der Waals surface area contributed by atoms with Gasteiger partial charge in [0.1, 0.15) is 5.82 Å². The molecule has 1 saturated heterocycles. The van der Waals surface area contributed by atoms with E-state index in [2.05, 4.69) is 38.1 Å². The normalized spacial score (nSPS) is 19.8. The summed E-state index contributed by atoms with van der Waals surface area (Å²) in [5.74, 6) is -0.576. The number of amides is 1. The highest BCUT2D eigenvalue weighted by molar-refractivity contribution is 9.10. The van der Waals surface area contributed by atoms with Gasteiger partial charge in [-0.1, -0.05) is 50.9 Å². The predicted octanol–water partition coefficient (Wildman–Crippen LogP) is 4.08. The summed E-state index contributed by atoms with van der Waals surface area (Å²) >= 11 is 9.59. The fraction of sp³-hybridized carbons (Fsp3) is 0.333. The van der Waals surface area contributed by atoms with Gasteiger partial charge in [-0.25, -0.2) is 4.39 Å². The number of oxime groups is 1. The minimum Gasteiger partial charge on any atom is -0.382 e. The first kappa shape index (κ1) is 20.3. The number of nitrogens with zero attached hydrogens (tertiary/aromatic N) is 3. The van der Waals surface area contributed by atoms with Crippen LogP contribution in [0.15, 0.2) is 52.1 Å². The Kier molecular flexibility index (Phi) is 6.18. The molecule has 0 saturated carbocycles. The van der Waals surface area contributed by atoms with Crippen LogP contribution in [0.2, 0.25) is 5.02 Å². The number of hydrogen-bond acceptors (Lipinski definition) is 4. The summed E-state index contributed by atoms with van der Waals surface area (Å²) in [5, 5.41) is 4.20. The van der Waals surface area contributed by atoms with Crippen LogP contribution < -0.4 is 0 Å². The molecule has 0 aliphatic carbocycles. The lowest BCUT2D eigenvalue weighted by atomic mass is 10.0. The molecule has 1 fully saturated rings. The molecule has 2 aromatic rings. The molecule has 1 unspecified atom stereocenters. The molecule has 2 aromatic carbocycles. The maximum Gasteiger partial charge on any atom is 0.266 e. The van der Waals surface area contributed by atoms with E-state index < -0.39 is 11.9 Å². The Morgan fingerprint density at radius 2 is 1.97 bits per heavy atom. The quantitative estimate of drug-likeness (QED) is 0.662. The van der Waals surface area contributed by atoms with Crippen molar-refractivity contribution in [1.29, 1.82) is 0 Å². The number of halogens is 3. The van der Waals surface area contributed by atoms with E-state index >= 15 is 0 Å². The molecule has 2 aliphatic rings. The van der Waals surface area contributed by atoms with Crippen molar-refractivity contribution in [2.24, 2.45) is 5.16 Å². The molecule has 29 heavy (non-hydrogen) atoms. The van der Waals surface area contributed by atoms with Gasteiger partial charge < -0.3 is 9.74 Å². The van der Waals surface area contributed by atoms with Gasteiger partial charge in [0.2, 0.25) is 6.10 Å². The fourth-order valence-electron chi connectivity index (χ4n) is 3.65. The third-order valence-electron chi connectivity index (χ3n) is 5.17. The number of hydrogen-bond donors (Lipinski definition) is 0. The van der Waals surface area contributed by atoms with Crippen molar-refractivity contribution in [3.05, 3.63) is 68.9 Å². The van der Waals surface area contributed by atoms with E-state index in [0.29, 0.717) is 18.8 Å². The molecule has 8 heteroatoms. The van der Waals surface area contributed by atoms with E-state index in [1.165, 1.54) is 17.7 Å². The highest BCUT2D eigenvalue weighted by atomic mass is 79.9. The number of rotatable bonds is 4. The minimum atomic E-state index is -0.725. The molecule has 0 radical (unpaired) electrons. The van der Waals surface area contributed by atoms with Crippen LogP contribution in [0.4, 0.5) is 4.39 Å².